The van der Waals surface area contributed by atoms with Gasteiger partial charge >= 0.3 is 0 Å². The first kappa shape index (κ1) is 14.7. The van der Waals surface area contributed by atoms with Crippen molar-refractivity contribution in [2.45, 2.75) is 46.1 Å². The molecule has 1 aliphatic heterocycles. The number of likely N-dealkylation sites (tertiary alicyclic amines) is 1. The van der Waals surface area contributed by atoms with Gasteiger partial charge in [-0.3, -0.25) is 4.79 Å². The summed E-state index contributed by atoms with van der Waals surface area (Å²) in [5.41, 5.74) is -0.0251. The van der Waals surface area contributed by atoms with Gasteiger partial charge in [-0.05, 0) is 24.7 Å². The molecule has 1 fully saturated rings. The van der Waals surface area contributed by atoms with E-state index in [1.54, 1.807) is 11.0 Å². The normalized spacial score (nSPS) is 21.6. The molecule has 1 aliphatic rings. The molecule has 100 valence electrons. The maximum Gasteiger partial charge on any atom is 0.252 e. The van der Waals surface area contributed by atoms with Gasteiger partial charge < -0.3 is 10.0 Å². The number of aliphatic hydroxyl groups is 1. The van der Waals surface area contributed by atoms with Crippen molar-refractivity contribution in [2.24, 2.45) is 5.41 Å². The standard InChI is InChI=1S/C14H22N2O2/c1-14(2,3)9-12(15-4)13(18)16-8-6-5-7-11(16)10-17/h9,11,17H,5-8,10H2,1-3H3/t11-/m1/s1. The van der Waals surface area contributed by atoms with E-state index in [0.717, 1.165) is 19.3 Å². The van der Waals surface area contributed by atoms with Crippen LogP contribution >= 0.6 is 0 Å². The zero-order chi connectivity index (χ0) is 13.8. The van der Waals surface area contributed by atoms with E-state index in [1.807, 2.05) is 20.8 Å². The third-order valence-electron chi connectivity index (χ3n) is 3.01. The summed E-state index contributed by atoms with van der Waals surface area (Å²) >= 11 is 0. The van der Waals surface area contributed by atoms with Crippen LogP contribution in [0.4, 0.5) is 0 Å². The van der Waals surface area contributed by atoms with Crippen LogP contribution in [-0.4, -0.2) is 35.1 Å². The molecule has 0 aliphatic carbocycles. The number of amides is 1. The Morgan fingerprint density at radius 2 is 2.17 bits per heavy atom. The summed E-state index contributed by atoms with van der Waals surface area (Å²) in [6, 6.07) is -0.128. The number of allylic oxidation sites excluding steroid dienone is 1. The molecule has 0 aromatic heterocycles. The molecule has 1 atom stereocenters. The molecular weight excluding hydrogens is 228 g/mol. The molecule has 0 spiro atoms. The molecule has 1 heterocycles. The van der Waals surface area contributed by atoms with Gasteiger partial charge in [-0.25, -0.2) is 4.85 Å². The first-order valence-corrected chi connectivity index (χ1v) is 6.41. The van der Waals surface area contributed by atoms with Crippen LogP contribution in [0.25, 0.3) is 4.85 Å². The van der Waals surface area contributed by atoms with Crippen molar-refractivity contribution in [3.63, 3.8) is 0 Å². The van der Waals surface area contributed by atoms with Crippen LogP contribution in [0.2, 0.25) is 0 Å². The predicted molar refractivity (Wildman–Crippen MR) is 70.6 cm³/mol. The highest BCUT2D eigenvalue weighted by atomic mass is 16.3. The van der Waals surface area contributed by atoms with E-state index in [2.05, 4.69) is 4.85 Å². The van der Waals surface area contributed by atoms with Gasteiger partial charge in [0.1, 0.15) is 0 Å². The Labute approximate surface area is 109 Å². The maximum atomic E-state index is 12.3. The Morgan fingerprint density at radius 3 is 2.67 bits per heavy atom. The molecule has 4 heteroatoms. The molecule has 1 saturated heterocycles. The summed E-state index contributed by atoms with van der Waals surface area (Å²) in [6.07, 6.45) is 4.52. The highest BCUT2D eigenvalue weighted by Gasteiger charge is 2.29. The van der Waals surface area contributed by atoms with Crippen molar-refractivity contribution >= 4 is 5.91 Å². The predicted octanol–water partition coefficient (Wildman–Crippen LogP) is 2.21. The monoisotopic (exact) mass is 250 g/mol. The second kappa shape index (κ2) is 6.01. The molecule has 0 bridgehead atoms. The number of hydrogen-bond acceptors (Lipinski definition) is 2. The van der Waals surface area contributed by atoms with E-state index in [0.29, 0.717) is 6.54 Å². The number of nitrogens with zero attached hydrogens (tertiary/aromatic N) is 2. The molecular formula is C14H22N2O2. The van der Waals surface area contributed by atoms with Gasteiger partial charge in [-0.1, -0.05) is 26.8 Å². The Hall–Kier alpha value is -1.34. The summed E-state index contributed by atoms with van der Waals surface area (Å²) in [6.45, 7) is 13.7. The molecule has 0 radical (unpaired) electrons. The van der Waals surface area contributed by atoms with Gasteiger partial charge in [0.2, 0.25) is 5.70 Å². The van der Waals surface area contributed by atoms with E-state index >= 15 is 0 Å². The molecule has 0 unspecified atom stereocenters. The lowest BCUT2D eigenvalue weighted by Crippen LogP contribution is -2.46. The summed E-state index contributed by atoms with van der Waals surface area (Å²) < 4.78 is 0. The molecule has 1 rings (SSSR count). The van der Waals surface area contributed by atoms with Crippen molar-refractivity contribution in [3.8, 4) is 0 Å². The third-order valence-corrected chi connectivity index (χ3v) is 3.01. The van der Waals surface area contributed by atoms with E-state index in [-0.39, 0.29) is 29.7 Å². The molecule has 1 N–H and O–H groups in total. The van der Waals surface area contributed by atoms with E-state index in [4.69, 9.17) is 6.57 Å². The SMILES string of the molecule is [C-]#[N+]C(=CC(C)(C)C)C(=O)N1CCCC[C@@H]1CO. The number of hydrogen-bond donors (Lipinski definition) is 1. The van der Waals surface area contributed by atoms with Gasteiger partial charge in [-0.2, -0.15) is 0 Å². The number of carbonyl (C=O) groups is 1. The minimum absolute atomic E-state index is 0.0213. The van der Waals surface area contributed by atoms with Crippen LogP contribution in [0.1, 0.15) is 40.0 Å². The number of rotatable bonds is 2. The van der Waals surface area contributed by atoms with Crippen molar-refractivity contribution in [1.29, 1.82) is 0 Å². The topological polar surface area (TPSA) is 44.9 Å². The van der Waals surface area contributed by atoms with Crippen molar-refractivity contribution < 1.29 is 9.90 Å². The number of carbonyl (C=O) groups excluding carboxylic acids is 1. The third kappa shape index (κ3) is 3.85. The summed E-state index contributed by atoms with van der Waals surface area (Å²) in [5.74, 6) is -0.237. The molecule has 18 heavy (non-hydrogen) atoms. The highest BCUT2D eigenvalue weighted by Crippen LogP contribution is 2.23. The van der Waals surface area contributed by atoms with Crippen LogP contribution in [0.15, 0.2) is 11.8 Å². The fraction of sp³-hybridized carbons (Fsp3) is 0.714. The second-order valence-corrected chi connectivity index (χ2v) is 5.84. The Balaban J connectivity index is 2.90. The van der Waals surface area contributed by atoms with Crippen LogP contribution in [-0.2, 0) is 4.79 Å². The Kier molecular flexibility index (Phi) is 4.92. The lowest BCUT2D eigenvalue weighted by Gasteiger charge is -2.35. The Morgan fingerprint density at radius 1 is 1.50 bits per heavy atom. The number of piperidine rings is 1. The number of aliphatic hydroxyl groups excluding tert-OH is 1. The summed E-state index contributed by atoms with van der Waals surface area (Å²) in [4.78, 5) is 17.3. The largest absolute Gasteiger partial charge is 0.394 e. The molecule has 0 aromatic carbocycles. The molecule has 0 saturated carbocycles. The van der Waals surface area contributed by atoms with Crippen LogP contribution in [0.5, 0.6) is 0 Å². The van der Waals surface area contributed by atoms with Crippen molar-refractivity contribution in [2.75, 3.05) is 13.2 Å². The fourth-order valence-corrected chi connectivity index (χ4v) is 2.16. The zero-order valence-electron chi connectivity index (χ0n) is 11.4. The summed E-state index contributed by atoms with van der Waals surface area (Å²) in [7, 11) is 0. The van der Waals surface area contributed by atoms with E-state index in [1.165, 1.54) is 0 Å². The van der Waals surface area contributed by atoms with Crippen molar-refractivity contribution in [1.82, 2.24) is 4.90 Å². The van der Waals surface area contributed by atoms with Crippen LogP contribution in [0.3, 0.4) is 0 Å². The minimum Gasteiger partial charge on any atom is -0.394 e. The Bertz CT molecular complexity index is 374. The quantitative estimate of drug-likeness (QED) is 0.603. The van der Waals surface area contributed by atoms with Crippen LogP contribution < -0.4 is 0 Å². The maximum absolute atomic E-state index is 12.3. The average Bonchev–Trinajstić information content (AvgIpc) is 2.34. The highest BCUT2D eigenvalue weighted by molar-refractivity contribution is 5.95. The average molecular weight is 250 g/mol. The van der Waals surface area contributed by atoms with Crippen LogP contribution in [0, 0.1) is 12.0 Å². The minimum atomic E-state index is -0.237. The lowest BCUT2D eigenvalue weighted by molar-refractivity contribution is -0.131. The zero-order valence-corrected chi connectivity index (χ0v) is 11.4. The van der Waals surface area contributed by atoms with Gasteiger partial charge in [0, 0.05) is 6.54 Å². The molecule has 1 amide bonds. The van der Waals surface area contributed by atoms with Gasteiger partial charge in [-0.15, -0.1) is 0 Å². The van der Waals surface area contributed by atoms with E-state index < -0.39 is 0 Å². The second-order valence-electron chi connectivity index (χ2n) is 5.84. The first-order chi connectivity index (χ1) is 8.39. The fourth-order valence-electron chi connectivity index (χ4n) is 2.16. The van der Waals surface area contributed by atoms with E-state index in [9.17, 15) is 9.90 Å². The molecule has 0 aromatic rings. The first-order valence-electron chi connectivity index (χ1n) is 6.41. The molecule has 4 nitrogen and oxygen atoms in total. The van der Waals surface area contributed by atoms with Crippen molar-refractivity contribution in [3.05, 3.63) is 23.2 Å². The van der Waals surface area contributed by atoms with Gasteiger partial charge in [0.05, 0.1) is 19.2 Å². The van der Waals surface area contributed by atoms with Gasteiger partial charge in [0.15, 0.2) is 0 Å². The smallest absolute Gasteiger partial charge is 0.252 e. The lowest BCUT2D eigenvalue weighted by atomic mass is 9.94. The van der Waals surface area contributed by atoms with Gasteiger partial charge in [0.25, 0.3) is 5.91 Å². The summed E-state index contributed by atoms with van der Waals surface area (Å²) in [5, 5.41) is 9.31.